The number of nitrogens with zero attached hydrogens (tertiary/aromatic N) is 4. The van der Waals surface area contributed by atoms with Crippen molar-refractivity contribution in [2.75, 3.05) is 11.9 Å². The van der Waals surface area contributed by atoms with Gasteiger partial charge in [0.25, 0.3) is 0 Å². The van der Waals surface area contributed by atoms with E-state index in [-0.39, 0.29) is 18.3 Å². The SMILES string of the molecule is CCOC(=O)C[C@H](C)C[C@@H](/C=C/c1c(-c2ccccc2)nn(-c2ccnc(Nc3ccccc3)n2)c1-c1ccccc1)OC(C)(C)O. The van der Waals surface area contributed by atoms with Crippen LogP contribution in [-0.4, -0.2) is 49.3 Å². The second-order valence-electron chi connectivity index (χ2n) is 11.8. The molecule has 0 aliphatic heterocycles. The maximum atomic E-state index is 12.2. The van der Waals surface area contributed by atoms with E-state index in [2.05, 4.69) is 10.3 Å². The van der Waals surface area contributed by atoms with Crippen LogP contribution in [-0.2, 0) is 14.3 Å². The molecule has 9 nitrogen and oxygen atoms in total. The second kappa shape index (κ2) is 15.4. The Balaban J connectivity index is 1.62. The highest BCUT2D eigenvalue weighted by molar-refractivity contribution is 5.84. The molecule has 3 aromatic carbocycles. The number of aromatic nitrogens is 4. The van der Waals surface area contributed by atoms with Gasteiger partial charge in [-0.3, -0.25) is 4.79 Å². The van der Waals surface area contributed by atoms with Crippen molar-refractivity contribution in [1.82, 2.24) is 19.7 Å². The number of rotatable bonds is 14. The van der Waals surface area contributed by atoms with Crippen LogP contribution >= 0.6 is 0 Å². The number of ether oxygens (including phenoxy) is 2. The fraction of sp³-hybridized carbons (Fsp3) is 0.263. The van der Waals surface area contributed by atoms with Gasteiger partial charge in [0.2, 0.25) is 5.95 Å². The van der Waals surface area contributed by atoms with E-state index >= 15 is 0 Å². The number of esters is 1. The van der Waals surface area contributed by atoms with Gasteiger partial charge in [0.05, 0.1) is 18.4 Å². The molecule has 0 aliphatic rings. The van der Waals surface area contributed by atoms with Crippen molar-refractivity contribution < 1.29 is 19.4 Å². The summed E-state index contributed by atoms with van der Waals surface area (Å²) >= 11 is 0. The number of carbonyl (C=O) groups excluding carboxylic acids is 1. The predicted molar refractivity (Wildman–Crippen MR) is 185 cm³/mol. The lowest BCUT2D eigenvalue weighted by Crippen LogP contribution is -2.30. The zero-order valence-corrected chi connectivity index (χ0v) is 27.2. The van der Waals surface area contributed by atoms with Crippen LogP contribution in [0.3, 0.4) is 0 Å². The topological polar surface area (TPSA) is 111 Å². The Kier molecular flexibility index (Phi) is 10.9. The van der Waals surface area contributed by atoms with Crippen LogP contribution in [0, 0.1) is 5.92 Å². The Hall–Kier alpha value is -5.12. The molecule has 5 aromatic rings. The number of para-hydroxylation sites is 1. The molecular formula is C38H41N5O4. The number of nitrogens with one attached hydrogen (secondary N) is 1. The van der Waals surface area contributed by atoms with E-state index in [0.29, 0.717) is 24.8 Å². The van der Waals surface area contributed by atoms with E-state index in [1.807, 2.05) is 121 Å². The van der Waals surface area contributed by atoms with E-state index in [1.54, 1.807) is 27.0 Å². The van der Waals surface area contributed by atoms with Crippen molar-refractivity contribution in [3.8, 4) is 28.3 Å². The molecular weight excluding hydrogens is 590 g/mol. The fourth-order valence-corrected chi connectivity index (χ4v) is 5.34. The highest BCUT2D eigenvalue weighted by Gasteiger charge is 2.25. The minimum atomic E-state index is -1.39. The van der Waals surface area contributed by atoms with E-state index < -0.39 is 11.9 Å². The van der Waals surface area contributed by atoms with Crippen molar-refractivity contribution in [3.63, 3.8) is 0 Å². The van der Waals surface area contributed by atoms with E-state index in [9.17, 15) is 9.90 Å². The zero-order chi connectivity index (χ0) is 33.2. The zero-order valence-electron chi connectivity index (χ0n) is 27.2. The Bertz CT molecular complexity index is 1770. The molecule has 0 spiro atoms. The Labute approximate surface area is 275 Å². The number of hydrogen-bond acceptors (Lipinski definition) is 8. The van der Waals surface area contributed by atoms with Gasteiger partial charge in [-0.2, -0.15) is 10.1 Å². The van der Waals surface area contributed by atoms with Crippen molar-refractivity contribution >= 4 is 23.7 Å². The molecule has 0 bridgehead atoms. The van der Waals surface area contributed by atoms with E-state index in [4.69, 9.17) is 19.6 Å². The highest BCUT2D eigenvalue weighted by atomic mass is 16.6. The third-order valence-corrected chi connectivity index (χ3v) is 7.28. The molecule has 2 atom stereocenters. The van der Waals surface area contributed by atoms with E-state index in [1.165, 1.54) is 0 Å². The lowest BCUT2D eigenvalue weighted by atomic mass is 9.97. The lowest BCUT2D eigenvalue weighted by molar-refractivity contribution is -0.197. The smallest absolute Gasteiger partial charge is 0.306 e. The molecule has 2 heterocycles. The van der Waals surface area contributed by atoms with Crippen LogP contribution in [0.2, 0.25) is 0 Å². The largest absolute Gasteiger partial charge is 0.466 e. The number of aliphatic hydroxyl groups is 1. The molecule has 0 amide bonds. The minimum Gasteiger partial charge on any atom is -0.466 e. The quantitative estimate of drug-likeness (QED) is 0.0942. The molecule has 47 heavy (non-hydrogen) atoms. The van der Waals surface area contributed by atoms with Crippen molar-refractivity contribution in [3.05, 3.63) is 115 Å². The number of anilines is 2. The summed E-state index contributed by atoms with van der Waals surface area (Å²) in [5, 5.41) is 19.1. The van der Waals surface area contributed by atoms with Crippen LogP contribution in [0.4, 0.5) is 11.6 Å². The van der Waals surface area contributed by atoms with Gasteiger partial charge in [0.1, 0.15) is 5.69 Å². The van der Waals surface area contributed by atoms with Gasteiger partial charge in [0, 0.05) is 41.1 Å². The van der Waals surface area contributed by atoms with Crippen LogP contribution in [0.5, 0.6) is 0 Å². The molecule has 0 fully saturated rings. The first-order valence-corrected chi connectivity index (χ1v) is 15.8. The summed E-state index contributed by atoms with van der Waals surface area (Å²) in [5.41, 5.74) is 5.16. The lowest BCUT2D eigenvalue weighted by Gasteiger charge is -2.26. The molecule has 2 aromatic heterocycles. The molecule has 0 unspecified atom stereocenters. The van der Waals surface area contributed by atoms with Crippen LogP contribution in [0.1, 0.15) is 46.1 Å². The first-order chi connectivity index (χ1) is 22.7. The summed E-state index contributed by atoms with van der Waals surface area (Å²) in [6.07, 6.45) is 5.88. The highest BCUT2D eigenvalue weighted by Crippen LogP contribution is 2.36. The summed E-state index contributed by atoms with van der Waals surface area (Å²) in [6.45, 7) is 7.30. The average Bonchev–Trinajstić information content (AvgIpc) is 3.44. The molecule has 9 heteroatoms. The minimum absolute atomic E-state index is 0.0486. The standard InChI is InChI=1S/C38H41N5O4/c1-5-46-34(44)26-27(2)25-31(47-38(3,4)45)21-22-32-35(28-15-9-6-10-16-28)42-43(36(32)29-17-11-7-12-18-29)33-23-24-39-37(41-33)40-30-19-13-8-14-20-30/h6-24,27,31,45H,5,25-26H2,1-4H3,(H,39,40,41)/b22-21+/t27-,31-/m1/s1. The Morgan fingerprint density at radius 3 is 2.23 bits per heavy atom. The van der Waals surface area contributed by atoms with Gasteiger partial charge in [0.15, 0.2) is 11.6 Å². The van der Waals surface area contributed by atoms with Crippen LogP contribution in [0.25, 0.3) is 34.4 Å². The molecule has 2 N–H and O–H groups in total. The maximum absolute atomic E-state index is 12.2. The molecule has 5 rings (SSSR count). The van der Waals surface area contributed by atoms with Crippen molar-refractivity contribution in [2.24, 2.45) is 5.92 Å². The molecule has 0 saturated carbocycles. The Morgan fingerprint density at radius 1 is 0.957 bits per heavy atom. The van der Waals surface area contributed by atoms with Gasteiger partial charge in [-0.25, -0.2) is 9.67 Å². The number of carbonyl (C=O) groups is 1. The summed E-state index contributed by atoms with van der Waals surface area (Å²) in [4.78, 5) is 21.5. The third-order valence-electron chi connectivity index (χ3n) is 7.28. The normalized spacial score (nSPS) is 13.0. The number of benzene rings is 3. The van der Waals surface area contributed by atoms with Crippen molar-refractivity contribution in [2.45, 2.75) is 52.4 Å². The second-order valence-corrected chi connectivity index (χ2v) is 11.8. The summed E-state index contributed by atoms with van der Waals surface area (Å²) in [7, 11) is 0. The molecule has 0 aliphatic carbocycles. The van der Waals surface area contributed by atoms with Gasteiger partial charge in [-0.15, -0.1) is 0 Å². The third kappa shape index (κ3) is 9.22. The van der Waals surface area contributed by atoms with Gasteiger partial charge >= 0.3 is 5.97 Å². The van der Waals surface area contributed by atoms with E-state index in [0.717, 1.165) is 33.8 Å². The molecule has 242 valence electrons. The maximum Gasteiger partial charge on any atom is 0.306 e. The average molecular weight is 632 g/mol. The first-order valence-electron chi connectivity index (χ1n) is 15.8. The summed E-state index contributed by atoms with van der Waals surface area (Å²) < 4.78 is 13.1. The van der Waals surface area contributed by atoms with Gasteiger partial charge < -0.3 is 19.9 Å². The van der Waals surface area contributed by atoms with Crippen LogP contribution < -0.4 is 5.32 Å². The fourth-order valence-electron chi connectivity index (χ4n) is 5.34. The van der Waals surface area contributed by atoms with Gasteiger partial charge in [-0.1, -0.05) is 97.9 Å². The van der Waals surface area contributed by atoms with Crippen molar-refractivity contribution in [1.29, 1.82) is 0 Å². The first kappa shape index (κ1) is 33.2. The predicted octanol–water partition coefficient (Wildman–Crippen LogP) is 7.85. The summed E-state index contributed by atoms with van der Waals surface area (Å²) in [5.74, 6) is -0.669. The van der Waals surface area contributed by atoms with Crippen LogP contribution in [0.15, 0.2) is 109 Å². The molecule has 0 saturated heterocycles. The Morgan fingerprint density at radius 2 is 1.60 bits per heavy atom. The monoisotopic (exact) mass is 631 g/mol. The van der Waals surface area contributed by atoms with Gasteiger partial charge in [-0.05, 0) is 45.2 Å². The number of hydrogen-bond donors (Lipinski definition) is 2. The summed E-state index contributed by atoms with van der Waals surface area (Å²) in [6, 6.07) is 31.6. The molecule has 0 radical (unpaired) electrons.